The molecule has 0 radical (unpaired) electrons. The first-order valence-electron chi connectivity index (χ1n) is 12.9. The van der Waals surface area contributed by atoms with Crippen LogP contribution >= 0.6 is 0 Å². The molecule has 198 valence electrons. The molecule has 3 rings (SSSR count). The number of nitrogens with zero attached hydrogens (tertiary/aromatic N) is 1. The maximum atomic E-state index is 13.2. The summed E-state index contributed by atoms with van der Waals surface area (Å²) in [5, 5.41) is 12.5. The van der Waals surface area contributed by atoms with Gasteiger partial charge in [-0.15, -0.1) is 0 Å². The number of hydrogen-bond acceptors (Lipinski definition) is 5. The van der Waals surface area contributed by atoms with Crippen LogP contribution in [0.15, 0.2) is 72.8 Å². The molecule has 2 aromatic rings. The second-order valence-electron chi connectivity index (χ2n) is 10.2. The first-order valence-corrected chi connectivity index (χ1v) is 12.9. The van der Waals surface area contributed by atoms with Crippen LogP contribution in [0.25, 0.3) is 0 Å². The molecule has 1 aliphatic rings. The van der Waals surface area contributed by atoms with E-state index in [9.17, 15) is 19.5 Å². The molecule has 0 aliphatic carbocycles. The third kappa shape index (κ3) is 9.17. The maximum Gasteiger partial charge on any atom is 0.309 e. The Hall–Kier alpha value is -3.45. The summed E-state index contributed by atoms with van der Waals surface area (Å²) in [6, 6.07) is 19.4. The van der Waals surface area contributed by atoms with Crippen molar-refractivity contribution in [1.82, 2.24) is 10.2 Å². The van der Waals surface area contributed by atoms with E-state index < -0.39 is 11.5 Å². The van der Waals surface area contributed by atoms with Crippen molar-refractivity contribution in [2.75, 3.05) is 19.8 Å². The van der Waals surface area contributed by atoms with Gasteiger partial charge in [-0.25, -0.2) is 0 Å². The van der Waals surface area contributed by atoms with Crippen LogP contribution in [0.1, 0.15) is 44.2 Å². The van der Waals surface area contributed by atoms with Gasteiger partial charge in [-0.3, -0.25) is 14.4 Å². The lowest BCUT2D eigenvalue weighted by Gasteiger charge is -2.30. The van der Waals surface area contributed by atoms with Gasteiger partial charge in [0, 0.05) is 19.5 Å². The van der Waals surface area contributed by atoms with Crippen LogP contribution in [0, 0.1) is 11.8 Å². The summed E-state index contributed by atoms with van der Waals surface area (Å²) in [6.07, 6.45) is 5.23. The van der Waals surface area contributed by atoms with Crippen LogP contribution < -0.4 is 5.32 Å². The highest BCUT2D eigenvalue weighted by molar-refractivity contribution is 5.86. The van der Waals surface area contributed by atoms with E-state index in [0.717, 1.165) is 11.1 Å². The van der Waals surface area contributed by atoms with E-state index in [2.05, 4.69) is 5.32 Å². The number of nitrogens with one attached hydrogen (secondary N) is 1. The van der Waals surface area contributed by atoms with Crippen molar-refractivity contribution in [3.63, 3.8) is 0 Å². The number of amides is 2. The molecular weight excluding hydrogens is 468 g/mol. The number of cyclic esters (lactones) is 1. The van der Waals surface area contributed by atoms with Gasteiger partial charge in [0.05, 0.1) is 24.0 Å². The fourth-order valence-corrected chi connectivity index (χ4v) is 4.36. The molecule has 37 heavy (non-hydrogen) atoms. The lowest BCUT2D eigenvalue weighted by atomic mass is 9.93. The molecule has 0 saturated carbocycles. The van der Waals surface area contributed by atoms with E-state index in [0.29, 0.717) is 25.8 Å². The van der Waals surface area contributed by atoms with Crippen LogP contribution in [0.5, 0.6) is 0 Å². The molecule has 2 amide bonds. The summed E-state index contributed by atoms with van der Waals surface area (Å²) < 4.78 is 5.63. The van der Waals surface area contributed by atoms with Crippen LogP contribution in [-0.4, -0.2) is 53.1 Å². The third-order valence-corrected chi connectivity index (χ3v) is 6.43. The first kappa shape index (κ1) is 28.1. The second kappa shape index (κ2) is 13.7. The number of allylic oxidation sites excluding steroid dienone is 2. The highest BCUT2D eigenvalue weighted by Crippen LogP contribution is 2.21. The Kier molecular flexibility index (Phi) is 10.4. The molecule has 7 heteroatoms. The minimum absolute atomic E-state index is 0.0202. The first-order chi connectivity index (χ1) is 17.8. The number of rotatable bonds is 8. The Morgan fingerprint density at radius 1 is 0.973 bits per heavy atom. The number of aliphatic hydroxyl groups excluding tert-OH is 1. The lowest BCUT2D eigenvalue weighted by Crippen LogP contribution is -2.50. The highest BCUT2D eigenvalue weighted by atomic mass is 16.5. The van der Waals surface area contributed by atoms with Crippen molar-refractivity contribution in [3.05, 3.63) is 83.9 Å². The average Bonchev–Trinajstić information content (AvgIpc) is 2.88. The Morgan fingerprint density at radius 2 is 1.57 bits per heavy atom. The molecule has 2 aromatic carbocycles. The SMILES string of the molecule is CC1(C)COC(=O)C(Cc2ccccc2)CC=CCC(CC(=O)N(CCO)Cc2ccccc2)C(=O)N1. The molecule has 0 saturated heterocycles. The molecule has 0 aromatic heterocycles. The molecule has 7 nitrogen and oxygen atoms in total. The minimum atomic E-state index is -0.789. The van der Waals surface area contributed by atoms with Gasteiger partial charge in [0.1, 0.15) is 6.61 Å². The van der Waals surface area contributed by atoms with Crippen molar-refractivity contribution >= 4 is 17.8 Å². The van der Waals surface area contributed by atoms with Crippen molar-refractivity contribution < 1.29 is 24.2 Å². The number of ether oxygens (including phenoxy) is 1. The van der Waals surface area contributed by atoms with Gasteiger partial charge >= 0.3 is 5.97 Å². The summed E-state index contributed by atoms with van der Waals surface area (Å²) in [6.45, 7) is 4.05. The van der Waals surface area contributed by atoms with E-state index in [1.165, 1.54) is 0 Å². The van der Waals surface area contributed by atoms with Crippen LogP contribution in [-0.2, 0) is 32.1 Å². The zero-order valence-corrected chi connectivity index (χ0v) is 21.8. The monoisotopic (exact) mass is 506 g/mol. The van der Waals surface area contributed by atoms with E-state index in [-0.39, 0.29) is 49.9 Å². The standard InChI is InChI=1S/C30H38N2O5/c1-30(2)22-37-29(36)26(19-23-11-5-3-6-12-23)16-10-9-15-25(28(35)31-30)20-27(34)32(17-18-33)21-24-13-7-4-8-14-24/h3-14,25-26,33H,15-22H2,1-2H3,(H,31,35). The van der Waals surface area contributed by atoms with Gasteiger partial charge in [0.2, 0.25) is 11.8 Å². The quantitative estimate of drug-likeness (QED) is 0.421. The van der Waals surface area contributed by atoms with Crippen LogP contribution in [0.2, 0.25) is 0 Å². The number of aliphatic hydroxyl groups is 1. The van der Waals surface area contributed by atoms with Gasteiger partial charge in [0.15, 0.2) is 0 Å². The Labute approximate surface area is 219 Å². The van der Waals surface area contributed by atoms with Gasteiger partial charge in [0.25, 0.3) is 0 Å². The number of esters is 1. The Bertz CT molecular complexity index is 1050. The Balaban J connectivity index is 1.74. The van der Waals surface area contributed by atoms with Gasteiger partial charge in [-0.2, -0.15) is 0 Å². The molecular formula is C30H38N2O5. The lowest BCUT2D eigenvalue weighted by molar-refractivity contribution is -0.151. The number of hydrogen-bond donors (Lipinski definition) is 2. The highest BCUT2D eigenvalue weighted by Gasteiger charge is 2.31. The summed E-state index contributed by atoms with van der Waals surface area (Å²) in [5.41, 5.74) is 1.23. The molecule has 0 fully saturated rings. The largest absolute Gasteiger partial charge is 0.463 e. The number of benzene rings is 2. The summed E-state index contributed by atoms with van der Waals surface area (Å²) in [5.74, 6) is -1.66. The van der Waals surface area contributed by atoms with Gasteiger partial charge < -0.3 is 20.1 Å². The minimum Gasteiger partial charge on any atom is -0.463 e. The fraction of sp³-hybridized carbons (Fsp3) is 0.433. The van der Waals surface area contributed by atoms with Gasteiger partial charge in [-0.05, 0) is 44.2 Å². The maximum absolute atomic E-state index is 13.2. The van der Waals surface area contributed by atoms with Crippen molar-refractivity contribution in [3.8, 4) is 0 Å². The van der Waals surface area contributed by atoms with E-state index in [1.807, 2.05) is 72.8 Å². The topological polar surface area (TPSA) is 95.9 Å². The Morgan fingerprint density at radius 3 is 2.19 bits per heavy atom. The summed E-state index contributed by atoms with van der Waals surface area (Å²) in [7, 11) is 0. The zero-order chi connectivity index (χ0) is 26.7. The van der Waals surface area contributed by atoms with Crippen molar-refractivity contribution in [2.24, 2.45) is 11.8 Å². The molecule has 1 heterocycles. The molecule has 2 unspecified atom stereocenters. The average molecular weight is 507 g/mol. The molecule has 2 atom stereocenters. The smallest absolute Gasteiger partial charge is 0.309 e. The second-order valence-corrected chi connectivity index (χ2v) is 10.2. The fourth-order valence-electron chi connectivity index (χ4n) is 4.36. The normalized spacial score (nSPS) is 20.2. The summed E-state index contributed by atoms with van der Waals surface area (Å²) in [4.78, 5) is 40.9. The predicted octanol–water partition coefficient (Wildman–Crippen LogP) is 3.66. The van der Waals surface area contributed by atoms with Crippen molar-refractivity contribution in [2.45, 2.75) is 51.6 Å². The van der Waals surface area contributed by atoms with E-state index >= 15 is 0 Å². The van der Waals surface area contributed by atoms with Crippen LogP contribution in [0.4, 0.5) is 0 Å². The summed E-state index contributed by atoms with van der Waals surface area (Å²) >= 11 is 0. The van der Waals surface area contributed by atoms with Crippen LogP contribution in [0.3, 0.4) is 0 Å². The molecule has 1 aliphatic heterocycles. The third-order valence-electron chi connectivity index (χ3n) is 6.43. The van der Waals surface area contributed by atoms with E-state index in [1.54, 1.807) is 18.7 Å². The molecule has 0 spiro atoms. The number of carbonyl (C=O) groups excluding carboxylic acids is 3. The van der Waals surface area contributed by atoms with Crippen molar-refractivity contribution in [1.29, 1.82) is 0 Å². The van der Waals surface area contributed by atoms with Gasteiger partial charge in [-0.1, -0.05) is 72.8 Å². The zero-order valence-electron chi connectivity index (χ0n) is 21.8. The number of carbonyl (C=O) groups is 3. The van der Waals surface area contributed by atoms with E-state index in [4.69, 9.17) is 4.74 Å². The predicted molar refractivity (Wildman–Crippen MR) is 142 cm³/mol. The molecule has 2 N–H and O–H groups in total. The molecule has 0 bridgehead atoms.